The Balaban J connectivity index is 1.70. The van der Waals surface area contributed by atoms with Crippen molar-refractivity contribution in [2.24, 2.45) is 0 Å². The van der Waals surface area contributed by atoms with E-state index in [9.17, 15) is 0 Å². The van der Waals surface area contributed by atoms with Crippen molar-refractivity contribution in [1.29, 1.82) is 0 Å². The van der Waals surface area contributed by atoms with E-state index in [4.69, 9.17) is 9.25 Å². The molecule has 0 aliphatic rings. The van der Waals surface area contributed by atoms with Gasteiger partial charge in [0.2, 0.25) is 12.4 Å². The molecule has 4 aromatic rings. The van der Waals surface area contributed by atoms with E-state index in [1.54, 1.807) is 28.8 Å². The van der Waals surface area contributed by atoms with Gasteiger partial charge in [-0.05, 0) is 23.7 Å². The minimum atomic E-state index is 0.625. The van der Waals surface area contributed by atoms with Gasteiger partial charge in [0.05, 0.1) is 6.26 Å². The van der Waals surface area contributed by atoms with Gasteiger partial charge in [-0.25, -0.2) is 4.98 Å². The maximum Gasteiger partial charge on any atom is 0.227 e. The van der Waals surface area contributed by atoms with Crippen molar-refractivity contribution < 1.29 is 14.0 Å². The highest BCUT2D eigenvalue weighted by atomic mass is 16.6. The van der Waals surface area contributed by atoms with Crippen LogP contribution in [-0.2, 0) is 6.54 Å². The van der Waals surface area contributed by atoms with E-state index in [1.807, 2.05) is 50.6 Å². The van der Waals surface area contributed by atoms with E-state index < -0.39 is 0 Å². The molecule has 124 valence electrons. The van der Waals surface area contributed by atoms with Crippen molar-refractivity contribution in [3.05, 3.63) is 60.7 Å². The number of pyridine rings is 1. The summed E-state index contributed by atoms with van der Waals surface area (Å²) in [5.74, 6) is 1.57. The lowest BCUT2D eigenvalue weighted by Crippen LogP contribution is -2.40. The Hall–Kier alpha value is -3.29. The molecule has 4 aromatic heterocycles. The quantitative estimate of drug-likeness (QED) is 0.417. The first kappa shape index (κ1) is 15.3. The van der Waals surface area contributed by atoms with Gasteiger partial charge in [0.1, 0.15) is 26.5 Å². The number of hydrogen-bond donors (Lipinski definition) is 1. The maximum absolute atomic E-state index is 5.49. The Morgan fingerprint density at radius 1 is 1.36 bits per heavy atom. The second kappa shape index (κ2) is 6.31. The van der Waals surface area contributed by atoms with Crippen LogP contribution in [0.4, 0.5) is 5.82 Å². The summed E-state index contributed by atoms with van der Waals surface area (Å²) in [5.41, 5.74) is 3.66. The number of rotatable bonds is 5. The third-order valence-electron chi connectivity index (χ3n) is 3.94. The fourth-order valence-electron chi connectivity index (χ4n) is 2.66. The number of fused-ring (bicyclic) bond motifs is 1. The third kappa shape index (κ3) is 2.94. The van der Waals surface area contributed by atoms with Crippen LogP contribution < -0.4 is 20.3 Å². The fraction of sp³-hybridized carbons (Fsp3) is 0.118. The molecule has 0 spiro atoms. The lowest BCUT2D eigenvalue weighted by molar-refractivity contribution is -0.885. The average molecular weight is 334 g/mol. The molecule has 25 heavy (non-hydrogen) atoms. The number of hydrogen-bond acceptors (Lipinski definition) is 5. The first-order chi connectivity index (χ1) is 12.2. The van der Waals surface area contributed by atoms with Crippen LogP contribution in [0.15, 0.2) is 59.6 Å². The van der Waals surface area contributed by atoms with Crippen molar-refractivity contribution in [2.75, 3.05) is 12.4 Å². The van der Waals surface area contributed by atoms with E-state index >= 15 is 0 Å². The summed E-state index contributed by atoms with van der Waals surface area (Å²) in [6, 6.07) is 9.65. The number of aromatic nitrogens is 4. The molecule has 0 aromatic carbocycles. The summed E-state index contributed by atoms with van der Waals surface area (Å²) in [6.45, 7) is 0.625. The van der Waals surface area contributed by atoms with E-state index in [0.29, 0.717) is 6.54 Å². The number of anilines is 1. The zero-order valence-corrected chi connectivity index (χ0v) is 14.0. The second-order valence-corrected chi connectivity index (χ2v) is 5.68. The van der Waals surface area contributed by atoms with Crippen molar-refractivity contribution in [2.45, 2.75) is 6.54 Å². The van der Waals surface area contributed by atoms with Gasteiger partial charge in [0.15, 0.2) is 11.4 Å². The summed E-state index contributed by atoms with van der Waals surface area (Å²) in [5, 5.41) is 7.84. The van der Waals surface area contributed by atoms with Gasteiger partial charge in [-0.15, -0.1) is 0 Å². The number of nitrogens with zero attached hydrogens (tertiary/aromatic N) is 4. The maximum atomic E-state index is 5.49. The molecule has 0 unspecified atom stereocenters. The molecule has 4 heterocycles. The lowest BCUT2D eigenvalue weighted by atomic mass is 10.0. The van der Waals surface area contributed by atoms with Gasteiger partial charge in [0, 0.05) is 35.2 Å². The van der Waals surface area contributed by atoms with E-state index in [-0.39, 0.29) is 0 Å². The largest absolute Gasteiger partial charge is 0.463 e. The summed E-state index contributed by atoms with van der Waals surface area (Å²) in [7, 11) is 3.62. The highest BCUT2D eigenvalue weighted by Gasteiger charge is 2.12. The third-order valence-corrected chi connectivity index (χ3v) is 3.94. The molecule has 0 saturated carbocycles. The van der Waals surface area contributed by atoms with Crippen LogP contribution in [0.3, 0.4) is 0 Å². The van der Waals surface area contributed by atoms with Crippen molar-refractivity contribution in [1.82, 2.24) is 14.6 Å². The van der Waals surface area contributed by atoms with Crippen LogP contribution in [0.2, 0.25) is 0 Å². The summed E-state index contributed by atoms with van der Waals surface area (Å²) < 4.78 is 8.95. The average Bonchev–Trinajstić information content (AvgIpc) is 3.30. The predicted octanol–water partition coefficient (Wildman–Crippen LogP) is 0.206. The van der Waals surface area contributed by atoms with Crippen LogP contribution in [0, 0.1) is 0 Å². The van der Waals surface area contributed by atoms with Crippen LogP contribution in [0.1, 0.15) is 5.56 Å². The highest BCUT2D eigenvalue weighted by molar-refractivity contribution is 6.36. The van der Waals surface area contributed by atoms with Gasteiger partial charge in [-0.2, -0.15) is 9.61 Å². The summed E-state index contributed by atoms with van der Waals surface area (Å²) in [6.07, 6.45) is 7.22. The van der Waals surface area contributed by atoms with Gasteiger partial charge in [-0.3, -0.25) is 4.84 Å². The van der Waals surface area contributed by atoms with Gasteiger partial charge in [0.25, 0.3) is 0 Å². The topological polar surface area (TPSA) is 68.5 Å². The fourth-order valence-corrected chi connectivity index (χ4v) is 2.66. The molecule has 4 rings (SSSR count). The monoisotopic (exact) mass is 334 g/mol. The Labute approximate surface area is 145 Å². The van der Waals surface area contributed by atoms with Gasteiger partial charge < -0.3 is 9.73 Å². The SMILES string of the molecule is Bc1cnn2c(NCc3ccc[n+](OC)c3)cc(-c3ccco3)nc12. The second-order valence-electron chi connectivity index (χ2n) is 5.68. The molecule has 0 saturated heterocycles. The van der Waals surface area contributed by atoms with Gasteiger partial charge >= 0.3 is 0 Å². The molecule has 8 heteroatoms. The van der Waals surface area contributed by atoms with Gasteiger partial charge in [-0.1, -0.05) is 0 Å². The predicted molar refractivity (Wildman–Crippen MR) is 95.3 cm³/mol. The smallest absolute Gasteiger partial charge is 0.227 e. The molecular weight excluding hydrogens is 317 g/mol. The van der Waals surface area contributed by atoms with Crippen LogP contribution in [0.5, 0.6) is 0 Å². The Morgan fingerprint density at radius 2 is 2.28 bits per heavy atom. The first-order valence-corrected chi connectivity index (χ1v) is 7.92. The molecular formula is C17H17BN5O2+. The number of furan rings is 1. The normalized spacial score (nSPS) is 10.9. The zero-order chi connectivity index (χ0) is 17.2. The summed E-state index contributed by atoms with van der Waals surface area (Å²) >= 11 is 0. The lowest BCUT2D eigenvalue weighted by Gasteiger charge is -2.09. The highest BCUT2D eigenvalue weighted by Crippen LogP contribution is 2.22. The van der Waals surface area contributed by atoms with Crippen LogP contribution >= 0.6 is 0 Å². The molecule has 0 fully saturated rings. The minimum absolute atomic E-state index is 0.625. The van der Waals surface area contributed by atoms with E-state index in [2.05, 4.69) is 15.4 Å². The van der Waals surface area contributed by atoms with E-state index in [1.165, 1.54) is 0 Å². The molecule has 0 atom stereocenters. The van der Waals surface area contributed by atoms with Crippen LogP contribution in [-0.4, -0.2) is 29.6 Å². The number of nitrogens with one attached hydrogen (secondary N) is 1. The zero-order valence-electron chi connectivity index (χ0n) is 14.0. The molecule has 7 nitrogen and oxygen atoms in total. The Kier molecular flexibility index (Phi) is 3.85. The Bertz CT molecular complexity index is 1010. The molecule has 0 bridgehead atoms. The van der Waals surface area contributed by atoms with Crippen LogP contribution in [0.25, 0.3) is 17.1 Å². The standard InChI is InChI=1S/C17H17BN5O2/c1-24-22-6-2-4-12(11-22)9-19-16-8-14(15-5-3-7-25-15)21-17-13(18)10-20-23(16)17/h2-8,10-11,19H,9,18H2,1H3/q+1. The molecule has 0 radical (unpaired) electrons. The molecule has 0 amide bonds. The van der Waals surface area contributed by atoms with Crippen molar-refractivity contribution in [3.63, 3.8) is 0 Å². The van der Waals surface area contributed by atoms with Crippen molar-refractivity contribution in [3.8, 4) is 11.5 Å². The molecule has 1 N–H and O–H groups in total. The first-order valence-electron chi connectivity index (χ1n) is 7.92. The summed E-state index contributed by atoms with van der Waals surface area (Å²) in [4.78, 5) is 9.86. The molecule has 0 aliphatic heterocycles. The minimum Gasteiger partial charge on any atom is -0.463 e. The Morgan fingerprint density at radius 3 is 3.08 bits per heavy atom. The molecule has 0 aliphatic carbocycles. The van der Waals surface area contributed by atoms with Crippen molar-refractivity contribution >= 4 is 24.8 Å². The van der Waals surface area contributed by atoms with E-state index in [0.717, 1.165) is 33.9 Å².